The van der Waals surface area contributed by atoms with Gasteiger partial charge in [0.25, 0.3) is 5.91 Å². The van der Waals surface area contributed by atoms with Gasteiger partial charge in [-0.15, -0.1) is 11.3 Å². The van der Waals surface area contributed by atoms with Gasteiger partial charge in [0.15, 0.2) is 10.8 Å². The van der Waals surface area contributed by atoms with Gasteiger partial charge in [0, 0.05) is 74.2 Å². The SMILES string of the molecule is COC(=O)C1=C(CN2CCN3C(=O)N(c4ccc(Oc5ccc(C(=O)N6CCCC6(F)F)cc5)cc4)C[C@@H]3C2)NC(c2nccs2)=NC1. The maximum absolute atomic E-state index is 14.0. The first-order valence-electron chi connectivity index (χ1n) is 15.6. The van der Waals surface area contributed by atoms with Crippen LogP contribution >= 0.6 is 11.3 Å². The van der Waals surface area contributed by atoms with Gasteiger partial charge in [-0.05, 0) is 55.0 Å². The molecule has 0 aliphatic carbocycles. The zero-order valence-corrected chi connectivity index (χ0v) is 26.9. The van der Waals surface area contributed by atoms with Crippen molar-refractivity contribution in [2.45, 2.75) is 24.9 Å². The highest BCUT2D eigenvalue weighted by molar-refractivity contribution is 7.11. The standard InChI is InChI=1S/C33H33F2N7O5S/c1-46-31(44)26-17-37-28(29-36-12-16-48-29)38-27(26)20-39-14-15-40-23(18-39)19-41(32(40)45)22-5-9-25(10-6-22)47-24-7-3-21(4-8-24)30(43)42-13-2-11-33(42,34)35/h3-10,12,16,23H,2,11,13-15,17-20H2,1H3,(H,37,38)/t23-/m0/s1. The molecule has 1 atom stereocenters. The number of nitrogens with zero attached hydrogens (tertiary/aromatic N) is 6. The van der Waals surface area contributed by atoms with Gasteiger partial charge in [-0.3, -0.25) is 24.5 Å². The van der Waals surface area contributed by atoms with Crippen LogP contribution in [0.1, 0.15) is 28.2 Å². The number of nitrogens with one attached hydrogen (secondary N) is 1. The summed E-state index contributed by atoms with van der Waals surface area (Å²) in [6.45, 7) is 3.01. The Kier molecular flexibility index (Phi) is 8.56. The zero-order valence-electron chi connectivity index (χ0n) is 26.1. The average Bonchev–Trinajstić information content (AvgIpc) is 3.84. The van der Waals surface area contributed by atoms with Gasteiger partial charge in [-0.1, -0.05) is 0 Å². The van der Waals surface area contributed by atoms with E-state index in [-0.39, 0.29) is 43.6 Å². The number of piperazine rings is 1. The minimum Gasteiger partial charge on any atom is -0.466 e. The fourth-order valence-electron chi connectivity index (χ4n) is 6.42. The van der Waals surface area contributed by atoms with Crippen LogP contribution in [0.2, 0.25) is 0 Å². The van der Waals surface area contributed by atoms with E-state index >= 15 is 0 Å². The smallest absolute Gasteiger partial charge is 0.337 e. The molecule has 0 bridgehead atoms. The van der Waals surface area contributed by atoms with E-state index in [0.717, 1.165) is 16.4 Å². The predicted molar refractivity (Wildman–Crippen MR) is 174 cm³/mol. The second-order valence-corrected chi connectivity index (χ2v) is 12.8. The van der Waals surface area contributed by atoms with Crippen LogP contribution in [-0.2, 0) is 9.53 Å². The third-order valence-electron chi connectivity index (χ3n) is 8.90. The van der Waals surface area contributed by atoms with E-state index < -0.39 is 17.9 Å². The lowest BCUT2D eigenvalue weighted by atomic mass is 10.1. The van der Waals surface area contributed by atoms with Gasteiger partial charge in [0.1, 0.15) is 11.5 Å². The number of aliphatic imine (C=N–C) groups is 1. The molecular formula is C33H33F2N7O5S. The Morgan fingerprint density at radius 2 is 1.79 bits per heavy atom. The molecule has 4 aliphatic rings. The molecule has 1 N–H and O–H groups in total. The molecule has 0 unspecified atom stereocenters. The lowest BCUT2D eigenvalue weighted by Gasteiger charge is -2.37. The number of benzene rings is 2. The molecule has 1 aromatic heterocycles. The number of esters is 1. The Hall–Kier alpha value is -4.89. The fourth-order valence-corrected chi connectivity index (χ4v) is 7.02. The Labute approximate surface area is 279 Å². The first-order valence-corrected chi connectivity index (χ1v) is 16.5. The molecule has 12 nitrogen and oxygen atoms in total. The molecule has 0 radical (unpaired) electrons. The van der Waals surface area contributed by atoms with Crippen molar-refractivity contribution in [1.82, 2.24) is 25.0 Å². The number of thiazole rings is 1. The second-order valence-electron chi connectivity index (χ2n) is 11.9. The van der Waals surface area contributed by atoms with Crippen LogP contribution in [0.15, 0.2) is 76.4 Å². The van der Waals surface area contributed by atoms with E-state index in [4.69, 9.17) is 9.47 Å². The van der Waals surface area contributed by atoms with Crippen LogP contribution in [-0.4, -0.2) is 108 Å². The highest BCUT2D eigenvalue weighted by atomic mass is 32.1. The molecule has 3 fully saturated rings. The Balaban J connectivity index is 0.968. The van der Waals surface area contributed by atoms with Crippen LogP contribution in [0, 0.1) is 0 Å². The molecular weight excluding hydrogens is 644 g/mol. The largest absolute Gasteiger partial charge is 0.466 e. The number of alkyl halides is 2. The van der Waals surface area contributed by atoms with E-state index in [9.17, 15) is 23.2 Å². The zero-order chi connectivity index (χ0) is 33.4. The highest BCUT2D eigenvalue weighted by Crippen LogP contribution is 2.34. The summed E-state index contributed by atoms with van der Waals surface area (Å²) in [5, 5.41) is 5.92. The van der Waals surface area contributed by atoms with E-state index in [2.05, 4.69) is 20.2 Å². The number of hydrogen-bond donors (Lipinski definition) is 1. The van der Waals surface area contributed by atoms with Gasteiger partial charge < -0.3 is 19.7 Å². The summed E-state index contributed by atoms with van der Waals surface area (Å²) in [5.74, 6) is 0.467. The number of aromatic nitrogens is 1. The first kappa shape index (κ1) is 31.7. The fraction of sp³-hybridized carbons (Fsp3) is 0.364. The van der Waals surface area contributed by atoms with Gasteiger partial charge in [0.2, 0.25) is 0 Å². The number of ether oxygens (including phenoxy) is 2. The molecule has 2 aromatic carbocycles. The normalized spacial score (nSPS) is 20.8. The highest BCUT2D eigenvalue weighted by Gasteiger charge is 2.45. The number of amidine groups is 1. The topological polar surface area (TPSA) is 120 Å². The van der Waals surface area contributed by atoms with Crippen molar-refractivity contribution in [3.05, 3.63) is 81.9 Å². The average molecular weight is 678 g/mol. The summed E-state index contributed by atoms with van der Waals surface area (Å²) < 4.78 is 38.9. The monoisotopic (exact) mass is 677 g/mol. The quantitative estimate of drug-likeness (QED) is 0.279. The van der Waals surface area contributed by atoms with Crippen LogP contribution in [0.25, 0.3) is 0 Å². The van der Waals surface area contributed by atoms with Crippen LogP contribution in [0.3, 0.4) is 0 Å². The molecule has 0 saturated carbocycles. The number of rotatable bonds is 8. The number of urea groups is 1. The Morgan fingerprint density at radius 3 is 2.46 bits per heavy atom. The van der Waals surface area contributed by atoms with Crippen molar-refractivity contribution in [3.63, 3.8) is 0 Å². The van der Waals surface area contributed by atoms with Crippen molar-refractivity contribution in [1.29, 1.82) is 0 Å². The summed E-state index contributed by atoms with van der Waals surface area (Å²) in [7, 11) is 1.35. The molecule has 3 saturated heterocycles. The molecule has 15 heteroatoms. The van der Waals surface area contributed by atoms with Gasteiger partial charge >= 0.3 is 18.0 Å². The Morgan fingerprint density at radius 1 is 1.04 bits per heavy atom. The molecule has 4 aliphatic heterocycles. The van der Waals surface area contributed by atoms with Gasteiger partial charge in [-0.2, -0.15) is 8.78 Å². The van der Waals surface area contributed by atoms with Gasteiger partial charge in [0.05, 0.1) is 25.3 Å². The first-order chi connectivity index (χ1) is 23.2. The van der Waals surface area contributed by atoms with Crippen molar-refractivity contribution in [2.75, 3.05) is 57.8 Å². The molecule has 3 aromatic rings. The minimum atomic E-state index is -3.12. The lowest BCUT2D eigenvalue weighted by molar-refractivity contribution is -0.136. The number of fused-ring (bicyclic) bond motifs is 1. The van der Waals surface area contributed by atoms with Gasteiger partial charge in [-0.25, -0.2) is 14.6 Å². The summed E-state index contributed by atoms with van der Waals surface area (Å²) in [6.07, 6.45) is 1.66. The van der Waals surface area contributed by atoms with Crippen LogP contribution in [0.4, 0.5) is 19.3 Å². The number of methoxy groups -OCH3 is 1. The van der Waals surface area contributed by atoms with Crippen molar-refractivity contribution >= 4 is 40.8 Å². The van der Waals surface area contributed by atoms with E-state index in [1.807, 2.05) is 22.4 Å². The summed E-state index contributed by atoms with van der Waals surface area (Å²) in [4.78, 5) is 53.8. The lowest BCUT2D eigenvalue weighted by Crippen LogP contribution is -2.53. The molecule has 7 rings (SSSR count). The molecule has 5 heterocycles. The third-order valence-corrected chi connectivity index (χ3v) is 9.68. The number of amides is 3. The summed E-state index contributed by atoms with van der Waals surface area (Å²) >= 11 is 1.46. The molecule has 3 amide bonds. The third kappa shape index (κ3) is 6.22. The number of carbonyl (C=O) groups is 3. The Bertz CT molecular complexity index is 1770. The number of carbonyl (C=O) groups excluding carboxylic acids is 3. The predicted octanol–water partition coefficient (Wildman–Crippen LogP) is 4.17. The van der Waals surface area contributed by atoms with E-state index in [0.29, 0.717) is 60.5 Å². The van der Waals surface area contributed by atoms with E-state index in [1.165, 1.54) is 30.6 Å². The molecule has 0 spiro atoms. The molecule has 48 heavy (non-hydrogen) atoms. The summed E-state index contributed by atoms with van der Waals surface area (Å²) in [6, 6.07) is 10.0. The number of anilines is 1. The van der Waals surface area contributed by atoms with Crippen molar-refractivity contribution < 1.29 is 32.6 Å². The van der Waals surface area contributed by atoms with Crippen LogP contribution in [0.5, 0.6) is 11.5 Å². The van der Waals surface area contributed by atoms with E-state index in [1.54, 1.807) is 35.4 Å². The molecule has 250 valence electrons. The second kappa shape index (κ2) is 13.0. The number of halogens is 2. The maximum Gasteiger partial charge on any atom is 0.337 e. The number of likely N-dealkylation sites (tertiary alicyclic amines) is 1. The minimum absolute atomic E-state index is 0.0330. The summed E-state index contributed by atoms with van der Waals surface area (Å²) in [5.41, 5.74) is 2.10. The van der Waals surface area contributed by atoms with Crippen LogP contribution < -0.4 is 15.0 Å². The number of hydrogen-bond acceptors (Lipinski definition) is 10. The van der Waals surface area contributed by atoms with Crippen molar-refractivity contribution in [2.24, 2.45) is 4.99 Å². The van der Waals surface area contributed by atoms with Crippen molar-refractivity contribution in [3.8, 4) is 11.5 Å². The maximum atomic E-state index is 14.0.